The maximum atomic E-state index is 5.92. The zero-order valence-electron chi connectivity index (χ0n) is 10.9. The molecule has 1 atom stereocenters. The highest BCUT2D eigenvalue weighted by Crippen LogP contribution is 2.36. The molecule has 1 unspecified atom stereocenters. The van der Waals surface area contributed by atoms with Gasteiger partial charge in [-0.2, -0.15) is 0 Å². The van der Waals surface area contributed by atoms with Crippen LogP contribution in [0.5, 0.6) is 0 Å². The van der Waals surface area contributed by atoms with Crippen LogP contribution in [0.25, 0.3) is 0 Å². The Balaban J connectivity index is 1.96. The number of rotatable bonds is 3. The van der Waals surface area contributed by atoms with Gasteiger partial charge in [0.15, 0.2) is 0 Å². The standard InChI is InChI=1S/C15H23NS/c1-11-6-8-14(9-7-11)17-15-5-3-4-13(10-15)12(2)16/h3-5,10-12,14H,6-9,16H2,1-2H3. The lowest BCUT2D eigenvalue weighted by atomic mass is 9.91. The lowest BCUT2D eigenvalue weighted by Gasteiger charge is -2.25. The van der Waals surface area contributed by atoms with Gasteiger partial charge in [0.2, 0.25) is 0 Å². The van der Waals surface area contributed by atoms with Crippen molar-refractivity contribution >= 4 is 11.8 Å². The lowest BCUT2D eigenvalue weighted by molar-refractivity contribution is 0.393. The van der Waals surface area contributed by atoms with Crippen LogP contribution in [0.3, 0.4) is 0 Å². The number of nitrogens with two attached hydrogens (primary N) is 1. The van der Waals surface area contributed by atoms with E-state index >= 15 is 0 Å². The van der Waals surface area contributed by atoms with Crippen molar-refractivity contribution in [2.45, 2.75) is 55.7 Å². The second kappa shape index (κ2) is 5.92. The highest BCUT2D eigenvalue weighted by Gasteiger charge is 2.19. The van der Waals surface area contributed by atoms with Crippen molar-refractivity contribution < 1.29 is 0 Å². The molecule has 17 heavy (non-hydrogen) atoms. The Morgan fingerprint density at radius 2 is 1.94 bits per heavy atom. The summed E-state index contributed by atoms with van der Waals surface area (Å²) in [5.41, 5.74) is 7.17. The molecule has 1 nitrogen and oxygen atoms in total. The normalized spacial score (nSPS) is 26.8. The van der Waals surface area contributed by atoms with Crippen LogP contribution in [0, 0.1) is 5.92 Å². The van der Waals surface area contributed by atoms with Gasteiger partial charge in [-0.3, -0.25) is 0 Å². The van der Waals surface area contributed by atoms with Crippen molar-refractivity contribution in [2.24, 2.45) is 11.7 Å². The summed E-state index contributed by atoms with van der Waals surface area (Å²) in [6, 6.07) is 8.87. The van der Waals surface area contributed by atoms with E-state index in [2.05, 4.69) is 31.2 Å². The molecule has 2 rings (SSSR count). The fourth-order valence-corrected chi connectivity index (χ4v) is 3.66. The summed E-state index contributed by atoms with van der Waals surface area (Å²) in [7, 11) is 0. The Labute approximate surface area is 109 Å². The van der Waals surface area contributed by atoms with Gasteiger partial charge in [-0.05, 0) is 56.2 Å². The third-order valence-corrected chi connectivity index (χ3v) is 4.98. The van der Waals surface area contributed by atoms with Crippen LogP contribution in [0.1, 0.15) is 51.1 Å². The van der Waals surface area contributed by atoms with E-state index in [1.165, 1.54) is 36.1 Å². The first-order valence-electron chi connectivity index (χ1n) is 6.67. The predicted molar refractivity (Wildman–Crippen MR) is 76.3 cm³/mol. The van der Waals surface area contributed by atoms with Crippen LogP contribution in [0.15, 0.2) is 29.2 Å². The van der Waals surface area contributed by atoms with Crippen molar-refractivity contribution in [1.29, 1.82) is 0 Å². The first-order chi connectivity index (χ1) is 8.15. The van der Waals surface area contributed by atoms with Crippen LogP contribution in [-0.4, -0.2) is 5.25 Å². The highest BCUT2D eigenvalue weighted by atomic mass is 32.2. The molecule has 2 heteroatoms. The van der Waals surface area contributed by atoms with Gasteiger partial charge in [0.1, 0.15) is 0 Å². The van der Waals surface area contributed by atoms with E-state index in [0.717, 1.165) is 11.2 Å². The van der Waals surface area contributed by atoms with E-state index in [1.54, 1.807) is 0 Å². The third-order valence-electron chi connectivity index (χ3n) is 3.65. The summed E-state index contributed by atoms with van der Waals surface area (Å²) < 4.78 is 0. The summed E-state index contributed by atoms with van der Waals surface area (Å²) in [5.74, 6) is 0.933. The molecule has 94 valence electrons. The number of benzene rings is 1. The summed E-state index contributed by atoms with van der Waals surface area (Å²) in [4.78, 5) is 1.39. The molecule has 0 aromatic heterocycles. The number of thioether (sulfide) groups is 1. The Morgan fingerprint density at radius 1 is 1.24 bits per heavy atom. The number of hydrogen-bond donors (Lipinski definition) is 1. The monoisotopic (exact) mass is 249 g/mol. The summed E-state index contributed by atoms with van der Waals surface area (Å²) in [5, 5.41) is 0.814. The molecular formula is C15H23NS. The average molecular weight is 249 g/mol. The Hall–Kier alpha value is -0.470. The van der Waals surface area contributed by atoms with Gasteiger partial charge in [-0.25, -0.2) is 0 Å². The van der Waals surface area contributed by atoms with E-state index in [0.29, 0.717) is 0 Å². The molecule has 0 spiro atoms. The van der Waals surface area contributed by atoms with Gasteiger partial charge in [0, 0.05) is 16.2 Å². The van der Waals surface area contributed by atoms with Crippen molar-refractivity contribution in [1.82, 2.24) is 0 Å². The van der Waals surface area contributed by atoms with Crippen LogP contribution >= 0.6 is 11.8 Å². The van der Waals surface area contributed by atoms with Crippen LogP contribution in [0.2, 0.25) is 0 Å². The molecule has 0 bridgehead atoms. The molecule has 2 N–H and O–H groups in total. The Bertz CT molecular complexity index is 354. The molecule has 1 fully saturated rings. The fraction of sp³-hybridized carbons (Fsp3) is 0.600. The summed E-state index contributed by atoms with van der Waals surface area (Å²) >= 11 is 2.04. The van der Waals surface area contributed by atoms with Gasteiger partial charge in [0.05, 0.1) is 0 Å². The van der Waals surface area contributed by atoms with Gasteiger partial charge >= 0.3 is 0 Å². The van der Waals surface area contributed by atoms with Gasteiger partial charge < -0.3 is 5.73 Å². The van der Waals surface area contributed by atoms with Crippen LogP contribution in [-0.2, 0) is 0 Å². The SMILES string of the molecule is CC1CCC(Sc2cccc(C(C)N)c2)CC1. The van der Waals surface area contributed by atoms with Crippen molar-refractivity contribution in [3.05, 3.63) is 29.8 Å². The first kappa shape index (κ1) is 13.0. The maximum Gasteiger partial charge on any atom is 0.0266 e. The largest absolute Gasteiger partial charge is 0.324 e. The number of hydrogen-bond acceptors (Lipinski definition) is 2. The summed E-state index contributed by atoms with van der Waals surface area (Å²) in [6.45, 7) is 4.42. The molecule has 0 saturated heterocycles. The molecule has 1 aliphatic rings. The minimum Gasteiger partial charge on any atom is -0.324 e. The van der Waals surface area contributed by atoms with Gasteiger partial charge in [-0.1, -0.05) is 19.1 Å². The van der Waals surface area contributed by atoms with Crippen molar-refractivity contribution in [3.63, 3.8) is 0 Å². The minimum absolute atomic E-state index is 0.141. The van der Waals surface area contributed by atoms with E-state index < -0.39 is 0 Å². The molecule has 1 aromatic rings. The van der Waals surface area contributed by atoms with Crippen molar-refractivity contribution in [2.75, 3.05) is 0 Å². The zero-order valence-corrected chi connectivity index (χ0v) is 11.7. The third kappa shape index (κ3) is 3.75. The summed E-state index contributed by atoms with van der Waals surface area (Å²) in [6.07, 6.45) is 5.53. The van der Waals surface area contributed by atoms with Gasteiger partial charge in [-0.15, -0.1) is 11.8 Å². The van der Waals surface area contributed by atoms with Crippen LogP contribution in [0.4, 0.5) is 0 Å². The Morgan fingerprint density at radius 3 is 2.59 bits per heavy atom. The Kier molecular flexibility index (Phi) is 4.52. The van der Waals surface area contributed by atoms with E-state index in [9.17, 15) is 0 Å². The molecular weight excluding hydrogens is 226 g/mol. The highest BCUT2D eigenvalue weighted by molar-refractivity contribution is 8.00. The second-order valence-electron chi connectivity index (χ2n) is 5.36. The van der Waals surface area contributed by atoms with Crippen LogP contribution < -0.4 is 5.73 Å². The fourth-order valence-electron chi connectivity index (χ4n) is 2.41. The molecule has 0 radical (unpaired) electrons. The molecule has 1 aromatic carbocycles. The van der Waals surface area contributed by atoms with E-state index in [4.69, 9.17) is 5.73 Å². The van der Waals surface area contributed by atoms with E-state index in [-0.39, 0.29) is 6.04 Å². The minimum atomic E-state index is 0.141. The second-order valence-corrected chi connectivity index (χ2v) is 6.73. The molecule has 0 aliphatic heterocycles. The quantitative estimate of drug-likeness (QED) is 0.860. The molecule has 0 heterocycles. The zero-order chi connectivity index (χ0) is 12.3. The smallest absolute Gasteiger partial charge is 0.0266 e. The van der Waals surface area contributed by atoms with E-state index in [1.807, 2.05) is 18.7 Å². The lowest BCUT2D eigenvalue weighted by Crippen LogP contribution is -2.13. The maximum absolute atomic E-state index is 5.92. The van der Waals surface area contributed by atoms with Gasteiger partial charge in [0.25, 0.3) is 0 Å². The molecule has 1 aliphatic carbocycles. The average Bonchev–Trinajstić information content (AvgIpc) is 2.32. The molecule has 1 saturated carbocycles. The van der Waals surface area contributed by atoms with Crippen molar-refractivity contribution in [3.8, 4) is 0 Å². The molecule has 0 amide bonds. The predicted octanol–water partition coefficient (Wildman–Crippen LogP) is 4.38. The first-order valence-corrected chi connectivity index (χ1v) is 7.55. The topological polar surface area (TPSA) is 26.0 Å².